The largest absolute Gasteiger partial charge is 0.433 e. The lowest BCUT2D eigenvalue weighted by atomic mass is 10.1. The number of carbonyl (C=O) groups is 3. The second-order valence-electron chi connectivity index (χ2n) is 6.10. The van der Waals surface area contributed by atoms with Crippen LogP contribution < -0.4 is 11.1 Å². The highest BCUT2D eigenvalue weighted by Gasteiger charge is 2.33. The van der Waals surface area contributed by atoms with E-state index in [-0.39, 0.29) is 17.8 Å². The lowest BCUT2D eigenvalue weighted by Crippen LogP contribution is -2.19. The molecule has 0 saturated carbocycles. The van der Waals surface area contributed by atoms with E-state index in [4.69, 9.17) is 5.73 Å². The van der Waals surface area contributed by atoms with Crippen molar-refractivity contribution in [3.8, 4) is 5.69 Å². The molecule has 2 aromatic heterocycles. The van der Waals surface area contributed by atoms with Crippen LogP contribution in [0.5, 0.6) is 0 Å². The van der Waals surface area contributed by atoms with Gasteiger partial charge >= 0.3 is 6.18 Å². The summed E-state index contributed by atoms with van der Waals surface area (Å²) in [5.41, 5.74) is 4.47. The van der Waals surface area contributed by atoms with Gasteiger partial charge in [-0.15, -0.1) is 0 Å². The maximum Gasteiger partial charge on any atom is 0.433 e. The van der Waals surface area contributed by atoms with Crippen LogP contribution in [0, 0.1) is 0 Å². The fourth-order valence-electron chi connectivity index (χ4n) is 2.57. The molecule has 0 fully saturated rings. The summed E-state index contributed by atoms with van der Waals surface area (Å²) >= 11 is 0. The van der Waals surface area contributed by atoms with E-state index in [0.717, 1.165) is 30.0 Å². The molecular formula is C19H14F3N5O3. The monoisotopic (exact) mass is 417 g/mol. The van der Waals surface area contributed by atoms with Crippen LogP contribution >= 0.6 is 0 Å². The van der Waals surface area contributed by atoms with Crippen molar-refractivity contribution in [3.05, 3.63) is 71.3 Å². The molecule has 154 valence electrons. The van der Waals surface area contributed by atoms with E-state index in [9.17, 15) is 27.6 Å². The minimum atomic E-state index is -4.71. The molecule has 11 heteroatoms. The summed E-state index contributed by atoms with van der Waals surface area (Å²) in [4.78, 5) is 37.9. The Balaban J connectivity index is 1.89. The number of benzene rings is 1. The Morgan fingerprint density at radius 2 is 1.83 bits per heavy atom. The Labute approximate surface area is 167 Å². The lowest BCUT2D eigenvalue weighted by Gasteiger charge is -2.08. The first-order valence-electron chi connectivity index (χ1n) is 8.47. The molecule has 3 N–H and O–H groups in total. The standard InChI is InChI=1S/C19H14F3N5O3/c20-19(21,22)15-3-1-2-13(24-15)18(30)25-14-10-27(26-16(14)17(23)29)12-6-4-11(5-7-12)8-9-28/h1-7,9-10H,8H2,(H2,23,29)(H,25,30). The number of nitrogens with zero attached hydrogens (tertiary/aromatic N) is 3. The Morgan fingerprint density at radius 1 is 1.13 bits per heavy atom. The molecule has 3 rings (SSSR count). The van der Waals surface area contributed by atoms with Crippen molar-refractivity contribution in [1.82, 2.24) is 14.8 Å². The minimum absolute atomic E-state index is 0.0938. The van der Waals surface area contributed by atoms with E-state index in [1.807, 2.05) is 0 Å². The number of aldehydes is 1. The molecule has 0 saturated heterocycles. The van der Waals surface area contributed by atoms with Gasteiger partial charge in [0.2, 0.25) is 0 Å². The molecule has 30 heavy (non-hydrogen) atoms. The summed E-state index contributed by atoms with van der Waals surface area (Å²) in [7, 11) is 0. The highest BCUT2D eigenvalue weighted by molar-refractivity contribution is 6.07. The number of amides is 2. The van der Waals surface area contributed by atoms with Crippen molar-refractivity contribution < 1.29 is 27.6 Å². The van der Waals surface area contributed by atoms with Gasteiger partial charge in [-0.25, -0.2) is 9.67 Å². The quantitative estimate of drug-likeness (QED) is 0.597. The zero-order valence-corrected chi connectivity index (χ0v) is 15.2. The van der Waals surface area contributed by atoms with Crippen molar-refractivity contribution >= 4 is 23.8 Å². The van der Waals surface area contributed by atoms with Crippen LogP contribution in [0.25, 0.3) is 5.69 Å². The van der Waals surface area contributed by atoms with E-state index in [0.29, 0.717) is 5.69 Å². The second kappa shape index (κ2) is 8.15. The van der Waals surface area contributed by atoms with E-state index in [1.54, 1.807) is 24.3 Å². The number of halogens is 3. The highest BCUT2D eigenvalue weighted by Crippen LogP contribution is 2.27. The molecule has 8 nitrogen and oxygen atoms in total. The maximum absolute atomic E-state index is 12.8. The van der Waals surface area contributed by atoms with Crippen molar-refractivity contribution in [2.75, 3.05) is 5.32 Å². The van der Waals surface area contributed by atoms with Gasteiger partial charge in [0.05, 0.1) is 17.6 Å². The third-order valence-electron chi connectivity index (χ3n) is 3.99. The predicted molar refractivity (Wildman–Crippen MR) is 99.0 cm³/mol. The predicted octanol–water partition coefficient (Wildman–Crippen LogP) is 2.38. The Kier molecular flexibility index (Phi) is 5.63. The van der Waals surface area contributed by atoms with Gasteiger partial charge in [-0.1, -0.05) is 18.2 Å². The summed E-state index contributed by atoms with van der Waals surface area (Å²) in [6, 6.07) is 9.51. The van der Waals surface area contributed by atoms with Crippen molar-refractivity contribution in [2.24, 2.45) is 5.73 Å². The maximum atomic E-state index is 12.8. The fourth-order valence-corrected chi connectivity index (χ4v) is 2.57. The van der Waals surface area contributed by atoms with Gasteiger partial charge in [0, 0.05) is 6.42 Å². The van der Waals surface area contributed by atoms with E-state index in [1.165, 1.54) is 10.9 Å². The molecule has 0 unspecified atom stereocenters. The highest BCUT2D eigenvalue weighted by atomic mass is 19.4. The molecule has 1 aromatic carbocycles. The summed E-state index contributed by atoms with van der Waals surface area (Å²) in [6.07, 6.45) is -2.43. The topological polar surface area (TPSA) is 120 Å². The normalized spacial score (nSPS) is 11.2. The van der Waals surface area contributed by atoms with Crippen LogP contribution in [0.2, 0.25) is 0 Å². The summed E-state index contributed by atoms with van der Waals surface area (Å²) in [6.45, 7) is 0. The molecule has 0 bridgehead atoms. The number of pyridine rings is 1. The number of hydrogen-bond acceptors (Lipinski definition) is 5. The zero-order chi connectivity index (χ0) is 21.9. The Morgan fingerprint density at radius 3 is 2.43 bits per heavy atom. The number of aromatic nitrogens is 3. The molecular weight excluding hydrogens is 403 g/mol. The number of nitrogens with two attached hydrogens (primary N) is 1. The molecule has 0 aliphatic rings. The van der Waals surface area contributed by atoms with Gasteiger partial charge in [0.1, 0.15) is 17.7 Å². The van der Waals surface area contributed by atoms with Gasteiger partial charge < -0.3 is 15.8 Å². The van der Waals surface area contributed by atoms with Gasteiger partial charge in [-0.05, 0) is 29.8 Å². The molecule has 0 aliphatic heterocycles. The van der Waals surface area contributed by atoms with E-state index < -0.39 is 29.4 Å². The Hall–Kier alpha value is -4.02. The van der Waals surface area contributed by atoms with Gasteiger partial charge in [-0.3, -0.25) is 9.59 Å². The van der Waals surface area contributed by atoms with Gasteiger partial charge in [0.25, 0.3) is 11.8 Å². The number of primary amides is 1. The average Bonchev–Trinajstić information content (AvgIpc) is 3.12. The first-order valence-corrected chi connectivity index (χ1v) is 8.47. The molecule has 2 amide bonds. The molecule has 0 atom stereocenters. The SMILES string of the molecule is NC(=O)c1nn(-c2ccc(CC=O)cc2)cc1NC(=O)c1cccc(C(F)(F)F)n1. The summed E-state index contributed by atoms with van der Waals surface area (Å²) < 4.78 is 39.7. The number of carbonyl (C=O) groups excluding carboxylic acids is 3. The van der Waals surface area contributed by atoms with Crippen LogP contribution in [-0.4, -0.2) is 32.9 Å². The van der Waals surface area contributed by atoms with Crippen LogP contribution in [0.3, 0.4) is 0 Å². The first kappa shape index (κ1) is 20.7. The van der Waals surface area contributed by atoms with E-state index >= 15 is 0 Å². The first-order chi connectivity index (χ1) is 14.2. The molecule has 0 aliphatic carbocycles. The third-order valence-corrected chi connectivity index (χ3v) is 3.99. The average molecular weight is 417 g/mol. The summed E-state index contributed by atoms with van der Waals surface area (Å²) in [5, 5.41) is 6.33. The number of anilines is 1. The number of alkyl halides is 3. The molecule has 0 radical (unpaired) electrons. The van der Waals surface area contributed by atoms with Crippen LogP contribution in [0.15, 0.2) is 48.7 Å². The van der Waals surface area contributed by atoms with Crippen LogP contribution in [0.4, 0.5) is 18.9 Å². The fraction of sp³-hybridized carbons (Fsp3) is 0.105. The second-order valence-corrected chi connectivity index (χ2v) is 6.10. The van der Waals surface area contributed by atoms with Gasteiger partial charge in [-0.2, -0.15) is 18.3 Å². The molecule has 3 aromatic rings. The summed E-state index contributed by atoms with van der Waals surface area (Å²) in [5.74, 6) is -1.91. The van der Waals surface area contributed by atoms with Crippen LogP contribution in [0.1, 0.15) is 32.2 Å². The smallest absolute Gasteiger partial charge is 0.364 e. The van der Waals surface area contributed by atoms with Crippen molar-refractivity contribution in [2.45, 2.75) is 12.6 Å². The molecule has 2 heterocycles. The number of rotatable bonds is 6. The Bertz CT molecular complexity index is 1110. The van der Waals surface area contributed by atoms with E-state index in [2.05, 4.69) is 15.4 Å². The van der Waals surface area contributed by atoms with Crippen LogP contribution in [-0.2, 0) is 17.4 Å². The third kappa shape index (κ3) is 4.51. The lowest BCUT2D eigenvalue weighted by molar-refractivity contribution is -0.141. The molecule has 0 spiro atoms. The number of nitrogens with one attached hydrogen (secondary N) is 1. The van der Waals surface area contributed by atoms with Crippen molar-refractivity contribution in [1.29, 1.82) is 0 Å². The zero-order valence-electron chi connectivity index (χ0n) is 15.2. The minimum Gasteiger partial charge on any atom is -0.364 e. The van der Waals surface area contributed by atoms with Gasteiger partial charge in [0.15, 0.2) is 5.69 Å². The number of hydrogen-bond donors (Lipinski definition) is 2. The van der Waals surface area contributed by atoms with Crippen molar-refractivity contribution in [3.63, 3.8) is 0 Å².